The highest BCUT2D eigenvalue weighted by Crippen LogP contribution is 2.15. The molecule has 3 aromatic carbocycles. The summed E-state index contributed by atoms with van der Waals surface area (Å²) < 4.78 is 5.48. The first-order valence-electron chi connectivity index (χ1n) is 9.76. The van der Waals surface area contributed by atoms with Crippen LogP contribution in [0.4, 0.5) is 5.69 Å². The highest BCUT2D eigenvalue weighted by atomic mass is 35.5. The van der Waals surface area contributed by atoms with Crippen LogP contribution in [0.5, 0.6) is 5.75 Å². The normalized spacial score (nSPS) is 10.7. The van der Waals surface area contributed by atoms with Gasteiger partial charge in [0.05, 0.1) is 0 Å². The van der Waals surface area contributed by atoms with Crippen molar-refractivity contribution in [1.29, 1.82) is 5.26 Å². The van der Waals surface area contributed by atoms with Gasteiger partial charge in [0.15, 0.2) is 6.61 Å². The standard InChI is InChI=1S/C25H20ClN3O3/c26-21-10-6-19(7-11-21)16-28-25(31)20(15-27)14-18-8-12-23(13-9-18)32-17-24(30)29-22-4-2-1-3-5-22/h1-14H,16-17H2,(H,28,31)(H,29,30)/b20-14+. The molecule has 160 valence electrons. The summed E-state index contributed by atoms with van der Waals surface area (Å²) >= 11 is 5.85. The van der Waals surface area contributed by atoms with E-state index in [2.05, 4.69) is 10.6 Å². The molecule has 0 atom stereocenters. The van der Waals surface area contributed by atoms with Crippen LogP contribution in [-0.4, -0.2) is 18.4 Å². The summed E-state index contributed by atoms with van der Waals surface area (Å²) in [6.45, 7) is 0.146. The summed E-state index contributed by atoms with van der Waals surface area (Å²) in [6, 6.07) is 24.8. The second-order valence-electron chi connectivity index (χ2n) is 6.75. The highest BCUT2D eigenvalue weighted by Gasteiger charge is 2.09. The lowest BCUT2D eigenvalue weighted by Gasteiger charge is -2.08. The van der Waals surface area contributed by atoms with Crippen molar-refractivity contribution >= 4 is 35.2 Å². The number of amides is 2. The van der Waals surface area contributed by atoms with Gasteiger partial charge in [-0.3, -0.25) is 9.59 Å². The number of carbonyl (C=O) groups is 2. The van der Waals surface area contributed by atoms with Gasteiger partial charge in [0.2, 0.25) is 0 Å². The molecule has 7 heteroatoms. The lowest BCUT2D eigenvalue weighted by atomic mass is 10.1. The summed E-state index contributed by atoms with van der Waals surface area (Å²) in [5, 5.41) is 15.4. The quantitative estimate of drug-likeness (QED) is 0.392. The van der Waals surface area contributed by atoms with Gasteiger partial charge >= 0.3 is 0 Å². The summed E-state index contributed by atoms with van der Waals surface area (Å²) in [7, 11) is 0. The number of hydrogen-bond donors (Lipinski definition) is 2. The molecule has 0 aliphatic carbocycles. The van der Waals surface area contributed by atoms with Crippen LogP contribution in [0.25, 0.3) is 6.08 Å². The summed E-state index contributed by atoms with van der Waals surface area (Å²) in [5.74, 6) is -0.249. The molecule has 0 bridgehead atoms. The molecule has 0 saturated heterocycles. The van der Waals surface area contributed by atoms with Gasteiger partial charge in [-0.05, 0) is 53.6 Å². The Hall–Kier alpha value is -4.08. The maximum atomic E-state index is 12.3. The Kier molecular flexibility index (Phi) is 8.02. The minimum atomic E-state index is -0.472. The fourth-order valence-electron chi connectivity index (χ4n) is 2.72. The van der Waals surface area contributed by atoms with Gasteiger partial charge in [0, 0.05) is 17.3 Å². The lowest BCUT2D eigenvalue weighted by molar-refractivity contribution is -0.118. The first-order valence-corrected chi connectivity index (χ1v) is 10.1. The van der Waals surface area contributed by atoms with Gasteiger partial charge in [-0.2, -0.15) is 5.26 Å². The van der Waals surface area contributed by atoms with Crippen LogP contribution in [0.2, 0.25) is 5.02 Å². The van der Waals surface area contributed by atoms with Gasteiger partial charge in [-0.25, -0.2) is 0 Å². The third kappa shape index (κ3) is 7.01. The van der Waals surface area contributed by atoms with E-state index < -0.39 is 5.91 Å². The second kappa shape index (κ2) is 11.3. The molecule has 6 nitrogen and oxygen atoms in total. The molecule has 3 aromatic rings. The third-order valence-corrected chi connectivity index (χ3v) is 4.60. The molecule has 0 saturated carbocycles. The van der Waals surface area contributed by atoms with Gasteiger partial charge in [-0.1, -0.05) is 54.1 Å². The zero-order valence-corrected chi connectivity index (χ0v) is 17.8. The molecule has 0 unspecified atom stereocenters. The molecule has 0 spiro atoms. The molecular formula is C25H20ClN3O3. The van der Waals surface area contributed by atoms with Gasteiger partial charge in [0.25, 0.3) is 11.8 Å². The van der Waals surface area contributed by atoms with Crippen molar-refractivity contribution in [3.8, 4) is 11.8 Å². The Morgan fingerprint density at radius 3 is 2.31 bits per heavy atom. The van der Waals surface area contributed by atoms with Crippen molar-refractivity contribution in [2.45, 2.75) is 6.54 Å². The van der Waals surface area contributed by atoms with Crippen molar-refractivity contribution in [3.63, 3.8) is 0 Å². The van der Waals surface area contributed by atoms with Gasteiger partial charge in [0.1, 0.15) is 17.4 Å². The molecule has 0 aliphatic heterocycles. The fourth-order valence-corrected chi connectivity index (χ4v) is 2.85. The molecule has 0 heterocycles. The van der Waals surface area contributed by atoms with E-state index >= 15 is 0 Å². The number of nitrogens with one attached hydrogen (secondary N) is 2. The van der Waals surface area contributed by atoms with E-state index in [0.717, 1.165) is 5.56 Å². The Morgan fingerprint density at radius 1 is 0.969 bits per heavy atom. The number of para-hydroxylation sites is 1. The van der Waals surface area contributed by atoms with E-state index in [0.29, 0.717) is 22.0 Å². The molecule has 0 fully saturated rings. The molecule has 0 aliphatic rings. The van der Waals surface area contributed by atoms with E-state index in [1.165, 1.54) is 6.08 Å². The summed E-state index contributed by atoms with van der Waals surface area (Å²) in [4.78, 5) is 24.3. The van der Waals surface area contributed by atoms with Gasteiger partial charge in [-0.15, -0.1) is 0 Å². The minimum absolute atomic E-state index is 0.0186. The number of carbonyl (C=O) groups excluding carboxylic acids is 2. The van der Waals surface area contributed by atoms with Crippen LogP contribution in [0, 0.1) is 11.3 Å². The van der Waals surface area contributed by atoms with Crippen LogP contribution in [0.1, 0.15) is 11.1 Å². The largest absolute Gasteiger partial charge is 0.484 e. The summed E-state index contributed by atoms with van der Waals surface area (Å²) in [5.41, 5.74) is 2.21. The number of hydrogen-bond acceptors (Lipinski definition) is 4. The smallest absolute Gasteiger partial charge is 0.262 e. The van der Waals surface area contributed by atoms with Crippen molar-refractivity contribution in [2.24, 2.45) is 0 Å². The van der Waals surface area contributed by atoms with Crippen LogP contribution in [0.3, 0.4) is 0 Å². The van der Waals surface area contributed by atoms with Crippen LogP contribution in [-0.2, 0) is 16.1 Å². The monoisotopic (exact) mass is 445 g/mol. The fraction of sp³-hybridized carbons (Fsp3) is 0.0800. The Bertz CT molecular complexity index is 1140. The number of benzene rings is 3. The molecule has 0 aromatic heterocycles. The van der Waals surface area contributed by atoms with Crippen LogP contribution >= 0.6 is 11.6 Å². The number of rotatable bonds is 8. The average molecular weight is 446 g/mol. The Balaban J connectivity index is 1.53. The third-order valence-electron chi connectivity index (χ3n) is 4.35. The predicted octanol–water partition coefficient (Wildman–Crippen LogP) is 4.58. The topological polar surface area (TPSA) is 91.2 Å². The molecule has 2 amide bonds. The van der Waals surface area contributed by atoms with E-state index in [1.807, 2.05) is 24.3 Å². The highest BCUT2D eigenvalue weighted by molar-refractivity contribution is 6.30. The lowest BCUT2D eigenvalue weighted by Crippen LogP contribution is -2.23. The van der Waals surface area contributed by atoms with E-state index in [-0.39, 0.29) is 24.6 Å². The zero-order valence-electron chi connectivity index (χ0n) is 17.0. The maximum absolute atomic E-state index is 12.3. The first-order chi connectivity index (χ1) is 15.5. The number of ether oxygens (including phenoxy) is 1. The maximum Gasteiger partial charge on any atom is 0.262 e. The number of anilines is 1. The van der Waals surface area contributed by atoms with E-state index in [9.17, 15) is 14.9 Å². The predicted molar refractivity (Wildman–Crippen MR) is 124 cm³/mol. The van der Waals surface area contributed by atoms with E-state index in [1.54, 1.807) is 60.7 Å². The van der Waals surface area contributed by atoms with Crippen molar-refractivity contribution in [3.05, 3.63) is 101 Å². The molecule has 2 N–H and O–H groups in total. The Labute approximate surface area is 191 Å². The second-order valence-corrected chi connectivity index (χ2v) is 7.19. The number of nitriles is 1. The number of nitrogens with zero attached hydrogens (tertiary/aromatic N) is 1. The molecule has 0 radical (unpaired) electrons. The van der Waals surface area contributed by atoms with Gasteiger partial charge < -0.3 is 15.4 Å². The van der Waals surface area contributed by atoms with Crippen molar-refractivity contribution in [2.75, 3.05) is 11.9 Å². The van der Waals surface area contributed by atoms with E-state index in [4.69, 9.17) is 16.3 Å². The van der Waals surface area contributed by atoms with Crippen molar-refractivity contribution in [1.82, 2.24) is 5.32 Å². The zero-order chi connectivity index (χ0) is 22.8. The molecule has 32 heavy (non-hydrogen) atoms. The first kappa shape index (κ1) is 22.6. The average Bonchev–Trinajstić information content (AvgIpc) is 2.82. The van der Waals surface area contributed by atoms with Crippen LogP contribution < -0.4 is 15.4 Å². The minimum Gasteiger partial charge on any atom is -0.484 e. The number of halogens is 1. The van der Waals surface area contributed by atoms with Crippen molar-refractivity contribution < 1.29 is 14.3 Å². The SMILES string of the molecule is N#C/C(=C\c1ccc(OCC(=O)Nc2ccccc2)cc1)C(=O)NCc1ccc(Cl)cc1. The molecule has 3 rings (SSSR count). The Morgan fingerprint density at radius 2 is 1.66 bits per heavy atom. The van der Waals surface area contributed by atoms with Crippen LogP contribution in [0.15, 0.2) is 84.4 Å². The summed E-state index contributed by atoms with van der Waals surface area (Å²) in [6.07, 6.45) is 1.49. The molecular weight excluding hydrogens is 426 g/mol.